The Morgan fingerprint density at radius 2 is 1.88 bits per heavy atom. The first-order valence-corrected chi connectivity index (χ1v) is 9.29. The lowest BCUT2D eigenvalue weighted by Gasteiger charge is -2.34. The highest BCUT2D eigenvalue weighted by molar-refractivity contribution is 7.15. The molecule has 1 amide bonds. The molecule has 1 aliphatic heterocycles. The number of carbonyl (C=O) groups is 1. The van der Waals surface area contributed by atoms with Gasteiger partial charge in [0.1, 0.15) is 5.56 Å². The molecule has 1 aliphatic rings. The van der Waals surface area contributed by atoms with Crippen molar-refractivity contribution < 1.29 is 4.79 Å². The van der Waals surface area contributed by atoms with E-state index in [9.17, 15) is 9.59 Å². The molecule has 0 saturated carbocycles. The molecule has 134 valence electrons. The molecule has 0 atom stereocenters. The van der Waals surface area contributed by atoms with Crippen LogP contribution >= 0.6 is 11.3 Å². The summed E-state index contributed by atoms with van der Waals surface area (Å²) in [4.78, 5) is 34.2. The quantitative estimate of drug-likeness (QED) is 0.762. The number of hydrogen-bond donors (Lipinski definition) is 1. The molecule has 0 aliphatic carbocycles. The number of piperazine rings is 1. The topological polar surface area (TPSA) is 69.9 Å². The van der Waals surface area contributed by atoms with Crippen molar-refractivity contribution in [2.75, 3.05) is 43.4 Å². The zero-order chi connectivity index (χ0) is 18.1. The number of carbonyl (C=O) groups excluding carboxylic acids is 1. The van der Waals surface area contributed by atoms with Crippen LogP contribution in [0.3, 0.4) is 0 Å². The van der Waals surface area contributed by atoms with Crippen molar-refractivity contribution in [1.29, 1.82) is 0 Å². The summed E-state index contributed by atoms with van der Waals surface area (Å²) >= 11 is 1.35. The molecule has 3 aromatic rings. The molecular weight excluding hydrogens is 350 g/mol. The van der Waals surface area contributed by atoms with Gasteiger partial charge in [-0.15, -0.1) is 11.3 Å². The van der Waals surface area contributed by atoms with Crippen LogP contribution in [0.4, 0.5) is 11.4 Å². The van der Waals surface area contributed by atoms with E-state index < -0.39 is 5.91 Å². The van der Waals surface area contributed by atoms with E-state index in [-0.39, 0.29) is 11.1 Å². The van der Waals surface area contributed by atoms with E-state index in [2.05, 4.69) is 27.1 Å². The Morgan fingerprint density at radius 3 is 2.62 bits per heavy atom. The van der Waals surface area contributed by atoms with E-state index in [1.54, 1.807) is 11.6 Å². The van der Waals surface area contributed by atoms with Gasteiger partial charge in [-0.05, 0) is 31.3 Å². The Bertz CT molecular complexity index is 987. The SMILES string of the molecule is CN1CCN(c2ccc(NC(=O)c3cnc4sccn4c3=O)cc2)CC1. The van der Waals surface area contributed by atoms with Crippen LogP contribution in [0.25, 0.3) is 4.96 Å². The van der Waals surface area contributed by atoms with Crippen molar-refractivity contribution in [3.05, 3.63) is 58.0 Å². The third-order valence-corrected chi connectivity index (χ3v) is 5.35. The first kappa shape index (κ1) is 16.7. The van der Waals surface area contributed by atoms with Crippen molar-refractivity contribution in [2.45, 2.75) is 0 Å². The summed E-state index contributed by atoms with van der Waals surface area (Å²) in [5, 5.41) is 4.54. The number of benzene rings is 1. The van der Waals surface area contributed by atoms with Gasteiger partial charge in [0.25, 0.3) is 11.5 Å². The van der Waals surface area contributed by atoms with Gasteiger partial charge in [-0.3, -0.25) is 14.0 Å². The third-order valence-electron chi connectivity index (χ3n) is 4.58. The Kier molecular flexibility index (Phi) is 4.44. The molecule has 1 N–H and O–H groups in total. The molecular formula is C18H19N5O2S. The van der Waals surface area contributed by atoms with E-state index in [0.29, 0.717) is 10.6 Å². The van der Waals surface area contributed by atoms with Crippen molar-refractivity contribution in [2.24, 2.45) is 0 Å². The molecule has 2 aromatic heterocycles. The first-order valence-electron chi connectivity index (χ1n) is 8.41. The lowest BCUT2D eigenvalue weighted by molar-refractivity contribution is 0.102. The maximum absolute atomic E-state index is 12.4. The Labute approximate surface area is 154 Å². The Morgan fingerprint density at radius 1 is 1.15 bits per heavy atom. The molecule has 0 spiro atoms. The van der Waals surface area contributed by atoms with Gasteiger partial charge in [-0.2, -0.15) is 0 Å². The fourth-order valence-electron chi connectivity index (χ4n) is 3.00. The fourth-order valence-corrected chi connectivity index (χ4v) is 3.67. The number of hydrogen-bond acceptors (Lipinski definition) is 6. The number of thiazole rings is 1. The first-order chi connectivity index (χ1) is 12.6. The van der Waals surface area contributed by atoms with Crippen LogP contribution in [-0.4, -0.2) is 53.4 Å². The van der Waals surface area contributed by atoms with Gasteiger partial charge < -0.3 is 15.1 Å². The van der Waals surface area contributed by atoms with E-state index in [0.717, 1.165) is 31.9 Å². The normalized spacial score (nSPS) is 15.3. The summed E-state index contributed by atoms with van der Waals surface area (Å²) in [6.45, 7) is 4.07. The van der Waals surface area contributed by atoms with Crippen molar-refractivity contribution in [1.82, 2.24) is 14.3 Å². The third kappa shape index (κ3) is 3.21. The lowest BCUT2D eigenvalue weighted by Crippen LogP contribution is -2.44. The minimum atomic E-state index is -0.449. The lowest BCUT2D eigenvalue weighted by atomic mass is 10.2. The van der Waals surface area contributed by atoms with Gasteiger partial charge >= 0.3 is 0 Å². The van der Waals surface area contributed by atoms with E-state index in [1.807, 2.05) is 24.3 Å². The standard InChI is InChI=1S/C18H19N5O2S/c1-21-6-8-22(9-7-21)14-4-2-13(3-5-14)20-16(24)15-12-19-18-23(17(15)25)10-11-26-18/h2-5,10-12H,6-9H2,1H3,(H,20,24). The summed E-state index contributed by atoms with van der Waals surface area (Å²) in [6, 6.07) is 7.71. The predicted octanol–water partition coefficient (Wildman–Crippen LogP) is 1.76. The van der Waals surface area contributed by atoms with E-state index >= 15 is 0 Å². The zero-order valence-corrected chi connectivity index (χ0v) is 15.2. The van der Waals surface area contributed by atoms with Crippen LogP contribution in [-0.2, 0) is 0 Å². The van der Waals surface area contributed by atoms with Crippen molar-refractivity contribution in [3.63, 3.8) is 0 Å². The summed E-state index contributed by atoms with van der Waals surface area (Å²) in [6.07, 6.45) is 2.96. The molecule has 1 aromatic carbocycles. The van der Waals surface area contributed by atoms with Gasteiger partial charge in [0.15, 0.2) is 4.96 Å². The van der Waals surface area contributed by atoms with Gasteiger partial charge in [0, 0.05) is 55.3 Å². The van der Waals surface area contributed by atoms with Crippen LogP contribution in [0.2, 0.25) is 0 Å². The number of aromatic nitrogens is 2. The Hall–Kier alpha value is -2.71. The highest BCUT2D eigenvalue weighted by Gasteiger charge is 2.16. The second-order valence-corrected chi connectivity index (χ2v) is 7.20. The smallest absolute Gasteiger partial charge is 0.271 e. The van der Waals surface area contributed by atoms with Gasteiger partial charge in [-0.1, -0.05) is 0 Å². The number of likely N-dealkylation sites (N-methyl/N-ethyl adjacent to an activating group) is 1. The number of nitrogens with one attached hydrogen (secondary N) is 1. The second kappa shape index (κ2) is 6.89. The number of anilines is 2. The molecule has 0 radical (unpaired) electrons. The van der Waals surface area contributed by atoms with Crippen LogP contribution in [0, 0.1) is 0 Å². The zero-order valence-electron chi connectivity index (χ0n) is 14.4. The monoisotopic (exact) mass is 369 g/mol. The van der Waals surface area contributed by atoms with Gasteiger partial charge in [0.05, 0.1) is 0 Å². The predicted molar refractivity (Wildman–Crippen MR) is 103 cm³/mol. The Balaban J connectivity index is 1.49. The number of fused-ring (bicyclic) bond motifs is 1. The summed E-state index contributed by atoms with van der Waals surface area (Å²) in [5.74, 6) is -0.449. The molecule has 0 unspecified atom stereocenters. The average Bonchev–Trinajstić information content (AvgIpc) is 3.13. The molecule has 4 rings (SSSR count). The van der Waals surface area contributed by atoms with Crippen LogP contribution in [0.15, 0.2) is 46.8 Å². The highest BCUT2D eigenvalue weighted by atomic mass is 32.1. The van der Waals surface area contributed by atoms with Gasteiger partial charge in [0.2, 0.25) is 0 Å². The molecule has 8 heteroatoms. The highest BCUT2D eigenvalue weighted by Crippen LogP contribution is 2.19. The number of nitrogens with zero attached hydrogens (tertiary/aromatic N) is 4. The summed E-state index contributed by atoms with van der Waals surface area (Å²) < 4.78 is 1.38. The molecule has 3 heterocycles. The van der Waals surface area contributed by atoms with Crippen molar-refractivity contribution in [3.8, 4) is 0 Å². The number of amides is 1. The summed E-state index contributed by atoms with van der Waals surface area (Å²) in [5.41, 5.74) is 1.46. The van der Waals surface area contributed by atoms with Gasteiger partial charge in [-0.25, -0.2) is 4.98 Å². The van der Waals surface area contributed by atoms with Crippen LogP contribution in [0.5, 0.6) is 0 Å². The van der Waals surface area contributed by atoms with E-state index in [4.69, 9.17) is 0 Å². The van der Waals surface area contributed by atoms with Crippen LogP contribution in [0.1, 0.15) is 10.4 Å². The minimum absolute atomic E-state index is 0.0315. The maximum Gasteiger partial charge on any atom is 0.271 e. The maximum atomic E-state index is 12.4. The largest absolute Gasteiger partial charge is 0.369 e. The van der Waals surface area contributed by atoms with E-state index in [1.165, 1.54) is 21.9 Å². The average molecular weight is 369 g/mol. The molecule has 26 heavy (non-hydrogen) atoms. The van der Waals surface area contributed by atoms with Crippen molar-refractivity contribution >= 4 is 33.6 Å². The molecule has 0 bridgehead atoms. The van der Waals surface area contributed by atoms with Crippen LogP contribution < -0.4 is 15.8 Å². The fraction of sp³-hybridized carbons (Fsp3) is 0.278. The molecule has 1 fully saturated rings. The minimum Gasteiger partial charge on any atom is -0.369 e. The molecule has 7 nitrogen and oxygen atoms in total. The number of rotatable bonds is 3. The second-order valence-electron chi connectivity index (χ2n) is 6.32. The molecule has 1 saturated heterocycles. The summed E-state index contributed by atoms with van der Waals surface area (Å²) in [7, 11) is 2.13.